The molecule has 0 unspecified atom stereocenters. The van der Waals surface area contributed by atoms with Crippen molar-refractivity contribution in [1.29, 1.82) is 0 Å². The minimum atomic E-state index is -0.153. The summed E-state index contributed by atoms with van der Waals surface area (Å²) in [5.74, 6) is 0.769. The molecular formula is C8H8Cl2N2O4. The first-order chi connectivity index (χ1) is 7.65. The van der Waals surface area contributed by atoms with E-state index in [1.54, 1.807) is 0 Å². The smallest absolute Gasteiger partial charge is 0.172 e. The van der Waals surface area contributed by atoms with Crippen LogP contribution in [0.2, 0.25) is 10.3 Å². The molecule has 0 bridgehead atoms. The number of aliphatic hydroxyl groups is 2. The van der Waals surface area contributed by atoms with Gasteiger partial charge in [0.25, 0.3) is 0 Å². The molecule has 0 fully saturated rings. The van der Waals surface area contributed by atoms with Crippen LogP contribution >= 0.6 is 23.2 Å². The molecule has 2 aromatic heterocycles. The topological polar surface area (TPSA) is 92.5 Å². The highest BCUT2D eigenvalue weighted by atomic mass is 35.5. The van der Waals surface area contributed by atoms with Crippen molar-refractivity contribution >= 4 is 23.2 Å². The number of hydrogen-bond donors (Lipinski definition) is 2. The number of hydrogen-bond acceptors (Lipinski definition) is 6. The molecule has 6 nitrogen and oxygen atoms in total. The number of nitrogens with zero attached hydrogens (tertiary/aromatic N) is 2. The molecule has 8 heteroatoms. The van der Waals surface area contributed by atoms with Gasteiger partial charge in [0.15, 0.2) is 21.8 Å². The van der Waals surface area contributed by atoms with Gasteiger partial charge in [-0.1, -0.05) is 33.5 Å². The van der Waals surface area contributed by atoms with Gasteiger partial charge >= 0.3 is 0 Å². The second-order valence-electron chi connectivity index (χ2n) is 2.55. The predicted octanol–water partition coefficient (Wildman–Crippen LogP) is 1.64. The second-order valence-corrected chi connectivity index (χ2v) is 3.32. The normalized spacial score (nSPS) is 9.75. The van der Waals surface area contributed by atoms with E-state index in [4.69, 9.17) is 33.4 Å². The summed E-state index contributed by atoms with van der Waals surface area (Å²) in [6, 6.07) is 2.92. The van der Waals surface area contributed by atoms with Gasteiger partial charge in [0.2, 0.25) is 0 Å². The van der Waals surface area contributed by atoms with Crippen molar-refractivity contribution in [2.24, 2.45) is 0 Å². The molecule has 2 N–H and O–H groups in total. The summed E-state index contributed by atoms with van der Waals surface area (Å²) >= 11 is 10.6. The predicted molar refractivity (Wildman–Crippen MR) is 54.9 cm³/mol. The zero-order valence-electron chi connectivity index (χ0n) is 7.93. The first-order valence-corrected chi connectivity index (χ1v) is 4.85. The summed E-state index contributed by atoms with van der Waals surface area (Å²) in [6.45, 7) is -0.306. The van der Waals surface area contributed by atoms with E-state index in [2.05, 4.69) is 19.4 Å². The van der Waals surface area contributed by atoms with Crippen LogP contribution in [-0.4, -0.2) is 20.5 Å². The van der Waals surface area contributed by atoms with Crippen molar-refractivity contribution < 1.29 is 19.3 Å². The Kier molecular flexibility index (Phi) is 5.27. The molecular weight excluding hydrogens is 259 g/mol. The lowest BCUT2D eigenvalue weighted by Gasteiger charge is -1.76. The zero-order chi connectivity index (χ0) is 12.0. The maximum absolute atomic E-state index is 8.36. The maximum atomic E-state index is 8.36. The quantitative estimate of drug-likeness (QED) is 0.859. The molecule has 0 spiro atoms. The highest BCUT2D eigenvalue weighted by Crippen LogP contribution is 2.08. The molecule has 0 aliphatic carbocycles. The molecule has 0 aromatic carbocycles. The molecule has 0 aliphatic rings. The van der Waals surface area contributed by atoms with Crippen LogP contribution in [0.25, 0.3) is 0 Å². The molecule has 0 aliphatic heterocycles. The summed E-state index contributed by atoms with van der Waals surface area (Å²) in [4.78, 5) is 0. The molecule has 0 saturated carbocycles. The van der Waals surface area contributed by atoms with Gasteiger partial charge in [0.05, 0.1) is 0 Å². The summed E-state index contributed by atoms with van der Waals surface area (Å²) in [6.07, 6.45) is 0. The molecule has 88 valence electrons. The summed E-state index contributed by atoms with van der Waals surface area (Å²) in [5.41, 5.74) is 0. The van der Waals surface area contributed by atoms with Crippen molar-refractivity contribution in [1.82, 2.24) is 10.3 Å². The van der Waals surface area contributed by atoms with Crippen molar-refractivity contribution in [3.05, 3.63) is 34.0 Å². The lowest BCUT2D eigenvalue weighted by molar-refractivity contribution is 0.229. The monoisotopic (exact) mass is 266 g/mol. The van der Waals surface area contributed by atoms with Gasteiger partial charge in [0.1, 0.15) is 13.2 Å². The highest BCUT2D eigenvalue weighted by Gasteiger charge is 1.97. The van der Waals surface area contributed by atoms with Crippen molar-refractivity contribution in [2.75, 3.05) is 0 Å². The summed E-state index contributed by atoms with van der Waals surface area (Å²) in [7, 11) is 0. The van der Waals surface area contributed by atoms with Gasteiger partial charge in [-0.2, -0.15) is 0 Å². The third-order valence-corrected chi connectivity index (χ3v) is 1.73. The fraction of sp³-hybridized carbons (Fsp3) is 0.250. The van der Waals surface area contributed by atoms with Gasteiger partial charge in [-0.25, -0.2) is 0 Å². The van der Waals surface area contributed by atoms with E-state index < -0.39 is 0 Å². The average molecular weight is 267 g/mol. The minimum Gasteiger partial charge on any atom is -0.388 e. The van der Waals surface area contributed by atoms with Crippen molar-refractivity contribution in [3.8, 4) is 0 Å². The van der Waals surface area contributed by atoms with Crippen LogP contribution in [0.15, 0.2) is 21.2 Å². The summed E-state index contributed by atoms with van der Waals surface area (Å²) in [5, 5.41) is 23.9. The van der Waals surface area contributed by atoms with E-state index in [9.17, 15) is 0 Å². The minimum absolute atomic E-state index is 0.153. The Balaban J connectivity index is 0.000000160. The average Bonchev–Trinajstić information content (AvgIpc) is 2.88. The lowest BCUT2D eigenvalue weighted by atomic mass is 10.5. The van der Waals surface area contributed by atoms with Crippen LogP contribution in [0, 0.1) is 0 Å². The van der Waals surface area contributed by atoms with Crippen molar-refractivity contribution in [3.63, 3.8) is 0 Å². The molecule has 0 saturated heterocycles. The Hall–Kier alpha value is -1.08. The molecule has 16 heavy (non-hydrogen) atoms. The molecule has 0 amide bonds. The van der Waals surface area contributed by atoms with E-state index >= 15 is 0 Å². The molecule has 2 aromatic rings. The van der Waals surface area contributed by atoms with E-state index in [1.807, 2.05) is 0 Å². The van der Waals surface area contributed by atoms with Gasteiger partial charge in [-0.3, -0.25) is 0 Å². The Bertz CT molecular complexity index is 389. The number of aromatic nitrogens is 2. The van der Waals surface area contributed by atoms with Gasteiger partial charge < -0.3 is 19.3 Å². The standard InChI is InChI=1S/2C4H4ClNO2/c2*5-4-1-3(2-7)8-6-4/h2*1,7H,2H2. The molecule has 0 atom stereocenters. The van der Waals surface area contributed by atoms with Crippen LogP contribution in [0.4, 0.5) is 0 Å². The Morgan fingerprint density at radius 2 is 1.31 bits per heavy atom. The van der Waals surface area contributed by atoms with E-state index in [-0.39, 0.29) is 23.5 Å². The van der Waals surface area contributed by atoms with E-state index in [0.29, 0.717) is 11.5 Å². The number of aliphatic hydroxyl groups excluding tert-OH is 2. The maximum Gasteiger partial charge on any atom is 0.172 e. The fourth-order valence-electron chi connectivity index (χ4n) is 0.725. The zero-order valence-corrected chi connectivity index (χ0v) is 9.44. The molecule has 0 radical (unpaired) electrons. The number of rotatable bonds is 2. The Labute approximate surface area is 100 Å². The van der Waals surface area contributed by atoms with Crippen molar-refractivity contribution in [2.45, 2.75) is 13.2 Å². The molecule has 2 rings (SSSR count). The first kappa shape index (κ1) is 13.0. The van der Waals surface area contributed by atoms with Gasteiger partial charge in [-0.15, -0.1) is 0 Å². The third-order valence-electron chi connectivity index (χ3n) is 1.37. The number of halogens is 2. The fourth-order valence-corrected chi connectivity index (χ4v) is 1.04. The SMILES string of the molecule is OCc1cc(Cl)no1.OCc1cc(Cl)no1. The summed E-state index contributed by atoms with van der Waals surface area (Å²) < 4.78 is 8.96. The third kappa shape index (κ3) is 4.19. The van der Waals surface area contributed by atoms with Gasteiger partial charge in [0, 0.05) is 12.1 Å². The first-order valence-electron chi connectivity index (χ1n) is 4.09. The van der Waals surface area contributed by atoms with Crippen LogP contribution in [0.1, 0.15) is 11.5 Å². The lowest BCUT2D eigenvalue weighted by Crippen LogP contribution is -1.72. The Morgan fingerprint density at radius 3 is 1.44 bits per heavy atom. The molecule has 2 heterocycles. The van der Waals surface area contributed by atoms with Crippen LogP contribution in [0.5, 0.6) is 0 Å². The largest absolute Gasteiger partial charge is 0.388 e. The Morgan fingerprint density at radius 1 is 0.938 bits per heavy atom. The van der Waals surface area contributed by atoms with Crippen LogP contribution in [0.3, 0.4) is 0 Å². The van der Waals surface area contributed by atoms with Crippen LogP contribution in [-0.2, 0) is 13.2 Å². The van der Waals surface area contributed by atoms with E-state index in [0.717, 1.165) is 0 Å². The van der Waals surface area contributed by atoms with Crippen LogP contribution < -0.4 is 0 Å². The van der Waals surface area contributed by atoms with Gasteiger partial charge in [-0.05, 0) is 0 Å². The second kappa shape index (κ2) is 6.49. The highest BCUT2D eigenvalue weighted by molar-refractivity contribution is 6.29. The van der Waals surface area contributed by atoms with E-state index in [1.165, 1.54) is 12.1 Å².